The number of rotatable bonds is 8. The largest absolute Gasteiger partial charge is 0.456 e. The Morgan fingerprint density at radius 3 is 2.67 bits per heavy atom. The summed E-state index contributed by atoms with van der Waals surface area (Å²) in [7, 11) is -3.81. The number of ether oxygens (including phenoxy) is 1. The van der Waals surface area contributed by atoms with Crippen LogP contribution in [0.25, 0.3) is 10.9 Å². The van der Waals surface area contributed by atoms with Gasteiger partial charge >= 0.3 is 5.69 Å². The lowest BCUT2D eigenvalue weighted by molar-refractivity contribution is -0.386. The summed E-state index contributed by atoms with van der Waals surface area (Å²) >= 11 is 3.38. The Morgan fingerprint density at radius 1 is 1.27 bits per heavy atom. The summed E-state index contributed by atoms with van der Waals surface area (Å²) in [4.78, 5) is 19.3. The average molecular weight is 497 g/mol. The van der Waals surface area contributed by atoms with E-state index in [1.165, 1.54) is 18.5 Å². The van der Waals surface area contributed by atoms with Crippen LogP contribution in [0.15, 0.2) is 47.2 Å². The van der Waals surface area contributed by atoms with E-state index in [0.29, 0.717) is 16.7 Å². The van der Waals surface area contributed by atoms with Gasteiger partial charge in [-0.05, 0) is 18.2 Å². The molecule has 158 valence electrons. The summed E-state index contributed by atoms with van der Waals surface area (Å²) in [6.45, 7) is 1.63. The van der Waals surface area contributed by atoms with Crippen LogP contribution >= 0.6 is 15.9 Å². The maximum atomic E-state index is 11.6. The lowest BCUT2D eigenvalue weighted by Crippen LogP contribution is -2.23. The molecule has 1 N–H and O–H groups in total. The van der Waals surface area contributed by atoms with Crippen molar-refractivity contribution in [3.8, 4) is 5.75 Å². The molecule has 0 spiro atoms. The van der Waals surface area contributed by atoms with Crippen molar-refractivity contribution in [2.24, 2.45) is 0 Å². The Labute approximate surface area is 180 Å². The fraction of sp³-hybridized carbons (Fsp3) is 0.222. The molecule has 12 heteroatoms. The molecule has 0 aliphatic carbocycles. The molecule has 0 saturated carbocycles. The number of halogens is 1. The molecule has 3 aromatic rings. The number of fused-ring (bicyclic) bond motifs is 1. The van der Waals surface area contributed by atoms with Crippen molar-refractivity contribution >= 4 is 54.1 Å². The van der Waals surface area contributed by atoms with Gasteiger partial charge in [-0.2, -0.15) is 8.42 Å². The van der Waals surface area contributed by atoms with Crippen LogP contribution in [-0.2, 0) is 14.3 Å². The number of anilines is 2. The second-order valence-electron chi connectivity index (χ2n) is 6.21. The van der Waals surface area contributed by atoms with Crippen LogP contribution in [0.5, 0.6) is 5.75 Å². The van der Waals surface area contributed by atoms with E-state index < -0.39 is 21.3 Å². The van der Waals surface area contributed by atoms with Crippen LogP contribution in [0.1, 0.15) is 13.3 Å². The Kier molecular flexibility index (Phi) is 6.48. The fourth-order valence-electron chi connectivity index (χ4n) is 2.62. The molecule has 0 amide bonds. The fourth-order valence-corrected chi connectivity index (χ4v) is 3.58. The van der Waals surface area contributed by atoms with Crippen molar-refractivity contribution in [2.45, 2.75) is 19.6 Å². The molecule has 1 atom stereocenters. The SMILES string of the molecule is CCC(Oc1cc2ncnc(Nc3cccc(Br)c3)c2cc1[N+](=O)[O-])OS(C)(=O)=O. The van der Waals surface area contributed by atoms with Crippen LogP contribution < -0.4 is 10.1 Å². The van der Waals surface area contributed by atoms with E-state index in [1.54, 1.807) is 6.92 Å². The van der Waals surface area contributed by atoms with E-state index >= 15 is 0 Å². The predicted molar refractivity (Wildman–Crippen MR) is 114 cm³/mol. The Morgan fingerprint density at radius 2 is 2.03 bits per heavy atom. The number of nitro benzene ring substituents is 1. The zero-order chi connectivity index (χ0) is 21.9. The normalized spacial score (nSPS) is 12.5. The number of hydrogen-bond acceptors (Lipinski definition) is 9. The van der Waals surface area contributed by atoms with Crippen molar-refractivity contribution in [1.82, 2.24) is 9.97 Å². The summed E-state index contributed by atoms with van der Waals surface area (Å²) in [6, 6.07) is 9.97. The molecule has 2 aromatic carbocycles. The Balaban J connectivity index is 2.04. The van der Waals surface area contributed by atoms with Crippen molar-refractivity contribution < 1.29 is 22.3 Å². The zero-order valence-electron chi connectivity index (χ0n) is 15.9. The van der Waals surface area contributed by atoms with Crippen molar-refractivity contribution in [2.75, 3.05) is 11.6 Å². The average Bonchev–Trinajstić information content (AvgIpc) is 2.66. The molecule has 0 bridgehead atoms. The van der Waals surface area contributed by atoms with Crippen LogP contribution in [0, 0.1) is 10.1 Å². The van der Waals surface area contributed by atoms with E-state index in [1.807, 2.05) is 24.3 Å². The van der Waals surface area contributed by atoms with Crippen molar-refractivity contribution in [3.05, 3.63) is 57.3 Å². The number of benzene rings is 2. The van der Waals surface area contributed by atoms with E-state index in [0.717, 1.165) is 16.4 Å². The molecule has 1 unspecified atom stereocenters. The monoisotopic (exact) mass is 496 g/mol. The van der Waals surface area contributed by atoms with Gasteiger partial charge in [0, 0.05) is 28.7 Å². The van der Waals surface area contributed by atoms with E-state index in [4.69, 9.17) is 8.92 Å². The molecular formula is C18H17BrN4O6S. The van der Waals surface area contributed by atoms with Gasteiger partial charge in [-0.25, -0.2) is 14.2 Å². The first-order valence-electron chi connectivity index (χ1n) is 8.67. The molecule has 1 heterocycles. The van der Waals surface area contributed by atoms with E-state index in [9.17, 15) is 18.5 Å². The highest BCUT2D eigenvalue weighted by atomic mass is 79.9. The second-order valence-corrected chi connectivity index (χ2v) is 8.72. The molecule has 3 rings (SSSR count). The van der Waals surface area contributed by atoms with E-state index in [2.05, 4.69) is 31.2 Å². The Hall–Kier alpha value is -2.83. The summed E-state index contributed by atoms with van der Waals surface area (Å²) in [5.74, 6) is 0.210. The summed E-state index contributed by atoms with van der Waals surface area (Å²) in [5, 5.41) is 15.1. The van der Waals surface area contributed by atoms with Gasteiger partial charge in [0.25, 0.3) is 10.1 Å². The number of aromatic nitrogens is 2. The first-order valence-corrected chi connectivity index (χ1v) is 11.3. The highest BCUT2D eigenvalue weighted by Crippen LogP contribution is 2.35. The third kappa shape index (κ3) is 5.40. The third-order valence-electron chi connectivity index (χ3n) is 3.87. The maximum absolute atomic E-state index is 11.6. The van der Waals surface area contributed by atoms with Gasteiger partial charge in [0.2, 0.25) is 12.0 Å². The molecule has 1 aromatic heterocycles. The van der Waals surface area contributed by atoms with Crippen molar-refractivity contribution in [3.63, 3.8) is 0 Å². The lowest BCUT2D eigenvalue weighted by Gasteiger charge is -2.17. The Bertz CT molecular complexity index is 1200. The van der Waals surface area contributed by atoms with Gasteiger partial charge < -0.3 is 10.1 Å². The first kappa shape index (κ1) is 21.9. The second kappa shape index (κ2) is 8.90. The highest BCUT2D eigenvalue weighted by Gasteiger charge is 2.24. The molecule has 30 heavy (non-hydrogen) atoms. The summed E-state index contributed by atoms with van der Waals surface area (Å²) < 4.78 is 34.0. The first-order chi connectivity index (χ1) is 14.2. The third-order valence-corrected chi connectivity index (χ3v) is 4.93. The number of nitrogens with one attached hydrogen (secondary N) is 1. The van der Waals surface area contributed by atoms with Crippen LogP contribution in [-0.4, -0.2) is 35.9 Å². The highest BCUT2D eigenvalue weighted by molar-refractivity contribution is 9.10. The molecule has 0 radical (unpaired) electrons. The number of hydrogen-bond donors (Lipinski definition) is 1. The summed E-state index contributed by atoms with van der Waals surface area (Å²) in [5.41, 5.74) is 0.724. The van der Waals surface area contributed by atoms with Crippen molar-refractivity contribution in [1.29, 1.82) is 0 Å². The van der Waals surface area contributed by atoms with Crippen LogP contribution in [0.3, 0.4) is 0 Å². The quantitative estimate of drug-likeness (QED) is 0.211. The zero-order valence-corrected chi connectivity index (χ0v) is 18.3. The molecule has 0 saturated heterocycles. The lowest BCUT2D eigenvalue weighted by atomic mass is 10.2. The van der Waals surface area contributed by atoms with Crippen LogP contribution in [0.4, 0.5) is 17.2 Å². The minimum atomic E-state index is -3.81. The minimum Gasteiger partial charge on any atom is -0.456 e. The van der Waals surface area contributed by atoms with Gasteiger partial charge in [0.15, 0.2) is 0 Å². The van der Waals surface area contributed by atoms with Gasteiger partial charge in [0.05, 0.1) is 22.1 Å². The molecule has 0 aliphatic rings. The number of nitro groups is 1. The van der Waals surface area contributed by atoms with Gasteiger partial charge in [-0.3, -0.25) is 10.1 Å². The molecular weight excluding hydrogens is 480 g/mol. The summed E-state index contributed by atoms with van der Waals surface area (Å²) in [6.07, 6.45) is 1.13. The van der Waals surface area contributed by atoms with Crippen LogP contribution in [0.2, 0.25) is 0 Å². The topological polar surface area (TPSA) is 134 Å². The minimum absolute atomic E-state index is 0.154. The predicted octanol–water partition coefficient (Wildman–Crippen LogP) is 4.14. The molecule has 0 aliphatic heterocycles. The molecule has 10 nitrogen and oxygen atoms in total. The van der Waals surface area contributed by atoms with E-state index in [-0.39, 0.29) is 17.9 Å². The number of nitrogens with zero attached hydrogens (tertiary/aromatic N) is 3. The van der Waals surface area contributed by atoms with Gasteiger partial charge in [-0.15, -0.1) is 0 Å². The maximum Gasteiger partial charge on any atom is 0.311 e. The van der Waals surface area contributed by atoms with Gasteiger partial charge in [0.1, 0.15) is 12.1 Å². The standard InChI is InChI=1S/C18H17BrN4O6S/c1-3-17(29-30(2,26)27)28-16-9-14-13(8-15(16)23(24)25)18(21-10-20-14)22-12-6-4-5-11(19)7-12/h4-10,17H,3H2,1-2H3,(H,20,21,22). The van der Waals surface area contributed by atoms with Gasteiger partial charge in [-0.1, -0.05) is 28.9 Å². The smallest absolute Gasteiger partial charge is 0.311 e. The molecule has 0 fully saturated rings.